The largest absolute Gasteiger partial charge is 0.348 e. The molecule has 0 unspecified atom stereocenters. The Morgan fingerprint density at radius 3 is 2.33 bits per heavy atom. The summed E-state index contributed by atoms with van der Waals surface area (Å²) in [6.45, 7) is 1.36. The summed E-state index contributed by atoms with van der Waals surface area (Å²) in [5.74, 6) is -0.208. The van der Waals surface area contributed by atoms with Crippen LogP contribution in [0, 0.1) is 0 Å². The molecule has 1 aromatic carbocycles. The number of benzene rings is 1. The molecular formula is C15H16Cl2N2OS. The number of hydrogen-bond donors (Lipinski definition) is 1. The Hall–Kier alpha value is -1.07. The van der Waals surface area contributed by atoms with E-state index in [0.717, 1.165) is 12.1 Å². The van der Waals surface area contributed by atoms with Gasteiger partial charge in [0.15, 0.2) is 0 Å². The van der Waals surface area contributed by atoms with Crippen LogP contribution in [0.15, 0.2) is 30.3 Å². The summed E-state index contributed by atoms with van der Waals surface area (Å²) >= 11 is 13.0. The van der Waals surface area contributed by atoms with E-state index in [2.05, 4.69) is 22.3 Å². The van der Waals surface area contributed by atoms with Gasteiger partial charge < -0.3 is 10.2 Å². The number of thiophene rings is 1. The van der Waals surface area contributed by atoms with Crippen LogP contribution in [0.3, 0.4) is 0 Å². The summed E-state index contributed by atoms with van der Waals surface area (Å²) in [5.41, 5.74) is 2.71. The predicted octanol–water partition coefficient (Wildman–Crippen LogP) is 4.05. The number of rotatable bonds is 5. The van der Waals surface area contributed by atoms with Gasteiger partial charge >= 0.3 is 0 Å². The minimum absolute atomic E-state index is 0.208. The smallest absolute Gasteiger partial charge is 0.253 e. The Bertz CT molecular complexity index is 623. The van der Waals surface area contributed by atoms with Gasteiger partial charge in [-0.25, -0.2) is 0 Å². The molecule has 1 aromatic heterocycles. The van der Waals surface area contributed by atoms with Crippen molar-refractivity contribution in [1.29, 1.82) is 0 Å². The molecular weight excluding hydrogens is 327 g/mol. The Labute approximate surface area is 138 Å². The number of hydrogen-bond acceptors (Lipinski definition) is 3. The van der Waals surface area contributed by atoms with Crippen molar-refractivity contribution >= 4 is 40.4 Å². The lowest BCUT2D eigenvalue weighted by molar-refractivity contribution is 0.0951. The van der Waals surface area contributed by atoms with E-state index in [4.69, 9.17) is 23.2 Å². The van der Waals surface area contributed by atoms with Crippen LogP contribution in [0.5, 0.6) is 0 Å². The van der Waals surface area contributed by atoms with Crippen molar-refractivity contribution < 1.29 is 4.79 Å². The van der Waals surface area contributed by atoms with Crippen LogP contribution < -0.4 is 5.32 Å². The van der Waals surface area contributed by atoms with Crippen molar-refractivity contribution in [3.05, 3.63) is 55.7 Å². The third kappa shape index (κ3) is 4.71. The van der Waals surface area contributed by atoms with Gasteiger partial charge in [0.2, 0.25) is 0 Å². The molecule has 3 nitrogen and oxygen atoms in total. The van der Waals surface area contributed by atoms with Gasteiger partial charge in [-0.15, -0.1) is 11.3 Å². The van der Waals surface area contributed by atoms with Gasteiger partial charge in [0.05, 0.1) is 9.90 Å². The lowest BCUT2D eigenvalue weighted by atomic mass is 10.1. The maximum atomic E-state index is 12.0. The van der Waals surface area contributed by atoms with Crippen molar-refractivity contribution in [3.63, 3.8) is 0 Å². The lowest BCUT2D eigenvalue weighted by Crippen LogP contribution is -2.22. The fraction of sp³-hybridized carbons (Fsp3) is 0.267. The first kappa shape index (κ1) is 16.3. The van der Waals surface area contributed by atoms with E-state index in [1.54, 1.807) is 6.07 Å². The highest BCUT2D eigenvalue weighted by molar-refractivity contribution is 7.20. The minimum Gasteiger partial charge on any atom is -0.348 e. The second-order valence-corrected chi connectivity index (χ2v) is 7.26. The zero-order chi connectivity index (χ0) is 15.4. The quantitative estimate of drug-likeness (QED) is 0.888. The Kier molecular flexibility index (Phi) is 5.65. The average molecular weight is 343 g/mol. The fourth-order valence-corrected chi connectivity index (χ4v) is 3.36. The van der Waals surface area contributed by atoms with Crippen LogP contribution in [0.4, 0.5) is 0 Å². The predicted molar refractivity (Wildman–Crippen MR) is 89.3 cm³/mol. The SMILES string of the molecule is CN(C)Cc1ccc(CNC(=O)c2cc(Cl)sc2Cl)cc1. The second-order valence-electron chi connectivity index (χ2n) is 4.97. The standard InChI is InChI=1S/C15H16Cl2N2OS/c1-19(2)9-11-5-3-10(4-6-11)8-18-15(20)12-7-13(16)21-14(12)17/h3-7H,8-9H2,1-2H3,(H,18,20). The number of halogens is 2. The van der Waals surface area contributed by atoms with E-state index in [1.165, 1.54) is 16.9 Å². The topological polar surface area (TPSA) is 32.3 Å². The monoisotopic (exact) mass is 342 g/mol. The van der Waals surface area contributed by atoms with Crippen LogP contribution in [0.25, 0.3) is 0 Å². The number of amides is 1. The van der Waals surface area contributed by atoms with E-state index in [0.29, 0.717) is 20.8 Å². The molecule has 0 aliphatic rings. The van der Waals surface area contributed by atoms with Crippen LogP contribution in [0.1, 0.15) is 21.5 Å². The number of carbonyl (C=O) groups is 1. The molecule has 0 saturated heterocycles. The molecule has 0 radical (unpaired) electrons. The molecule has 0 aliphatic heterocycles. The molecule has 1 N–H and O–H groups in total. The summed E-state index contributed by atoms with van der Waals surface area (Å²) in [4.78, 5) is 14.1. The van der Waals surface area contributed by atoms with Gasteiger partial charge in [-0.2, -0.15) is 0 Å². The highest BCUT2D eigenvalue weighted by Gasteiger charge is 2.13. The normalized spacial score (nSPS) is 10.9. The summed E-state index contributed by atoms with van der Waals surface area (Å²) in [7, 11) is 4.06. The molecule has 1 amide bonds. The number of nitrogens with zero attached hydrogens (tertiary/aromatic N) is 1. The third-order valence-electron chi connectivity index (χ3n) is 2.88. The molecule has 112 valence electrons. The molecule has 0 bridgehead atoms. The van der Waals surface area contributed by atoms with E-state index >= 15 is 0 Å². The van der Waals surface area contributed by atoms with Crippen LogP contribution in [0.2, 0.25) is 8.67 Å². The van der Waals surface area contributed by atoms with Gasteiger partial charge in [0.1, 0.15) is 4.34 Å². The van der Waals surface area contributed by atoms with Crippen molar-refractivity contribution in [2.75, 3.05) is 14.1 Å². The van der Waals surface area contributed by atoms with Gasteiger partial charge in [-0.1, -0.05) is 47.5 Å². The Morgan fingerprint density at radius 1 is 1.19 bits per heavy atom. The maximum Gasteiger partial charge on any atom is 0.253 e. The highest BCUT2D eigenvalue weighted by Crippen LogP contribution is 2.30. The second kappa shape index (κ2) is 7.27. The number of carbonyl (C=O) groups excluding carboxylic acids is 1. The molecule has 0 fully saturated rings. The van der Waals surface area contributed by atoms with E-state index < -0.39 is 0 Å². The van der Waals surface area contributed by atoms with Crippen molar-refractivity contribution in [1.82, 2.24) is 10.2 Å². The van der Waals surface area contributed by atoms with E-state index in [9.17, 15) is 4.79 Å². The van der Waals surface area contributed by atoms with Crippen LogP contribution in [-0.2, 0) is 13.1 Å². The molecule has 0 spiro atoms. The first-order valence-corrected chi connectivity index (χ1v) is 7.98. The molecule has 0 atom stereocenters. The van der Waals surface area contributed by atoms with Crippen LogP contribution in [-0.4, -0.2) is 24.9 Å². The molecule has 2 rings (SSSR count). The molecule has 0 saturated carbocycles. The fourth-order valence-electron chi connectivity index (χ4n) is 1.90. The zero-order valence-corrected chi connectivity index (χ0v) is 14.1. The zero-order valence-electron chi connectivity index (χ0n) is 11.8. The summed E-state index contributed by atoms with van der Waals surface area (Å²) < 4.78 is 0.928. The molecule has 0 aliphatic carbocycles. The van der Waals surface area contributed by atoms with Gasteiger partial charge in [0, 0.05) is 13.1 Å². The van der Waals surface area contributed by atoms with Crippen LogP contribution >= 0.6 is 34.5 Å². The van der Waals surface area contributed by atoms with Gasteiger partial charge in [-0.3, -0.25) is 4.79 Å². The number of nitrogens with one attached hydrogen (secondary N) is 1. The summed E-state index contributed by atoms with van der Waals surface area (Å²) in [6.07, 6.45) is 0. The first-order chi connectivity index (χ1) is 9.95. The van der Waals surface area contributed by atoms with E-state index in [1.807, 2.05) is 26.2 Å². The lowest BCUT2D eigenvalue weighted by Gasteiger charge is -2.10. The first-order valence-electron chi connectivity index (χ1n) is 6.41. The minimum atomic E-state index is -0.208. The molecule has 2 aromatic rings. The van der Waals surface area contributed by atoms with Crippen molar-refractivity contribution in [3.8, 4) is 0 Å². The molecule has 1 heterocycles. The maximum absolute atomic E-state index is 12.0. The average Bonchev–Trinajstić information content (AvgIpc) is 2.76. The van der Waals surface area contributed by atoms with E-state index in [-0.39, 0.29) is 5.91 Å². The van der Waals surface area contributed by atoms with Gasteiger partial charge in [-0.05, 0) is 31.3 Å². The Balaban J connectivity index is 1.93. The molecule has 6 heteroatoms. The van der Waals surface area contributed by atoms with Crippen molar-refractivity contribution in [2.45, 2.75) is 13.1 Å². The van der Waals surface area contributed by atoms with Gasteiger partial charge in [0.25, 0.3) is 5.91 Å². The molecule has 21 heavy (non-hydrogen) atoms. The Morgan fingerprint density at radius 2 is 1.81 bits per heavy atom. The highest BCUT2D eigenvalue weighted by atomic mass is 35.5. The third-order valence-corrected chi connectivity index (χ3v) is 4.36. The summed E-state index contributed by atoms with van der Waals surface area (Å²) in [5, 5.41) is 2.84. The van der Waals surface area contributed by atoms with Crippen molar-refractivity contribution in [2.24, 2.45) is 0 Å². The summed E-state index contributed by atoms with van der Waals surface area (Å²) in [6, 6.07) is 9.75.